The molecule has 3 amide bonds. The van der Waals surface area contributed by atoms with E-state index < -0.39 is 41.1 Å². The number of ketones is 1. The summed E-state index contributed by atoms with van der Waals surface area (Å²) in [5.74, 6) is -0.380. The maximum absolute atomic E-state index is 14.2. The Bertz CT molecular complexity index is 983. The Labute approximate surface area is 233 Å². The molecule has 0 aromatic rings. The van der Waals surface area contributed by atoms with E-state index in [9.17, 15) is 19.2 Å². The Hall–Kier alpha value is -2.78. The average molecular weight is 548 g/mol. The maximum Gasteiger partial charge on any atom is 0.287 e. The van der Waals surface area contributed by atoms with E-state index in [4.69, 9.17) is 10.5 Å². The van der Waals surface area contributed by atoms with Crippen LogP contribution in [0.15, 0.2) is 11.6 Å². The molecule has 2 aliphatic heterocycles. The summed E-state index contributed by atoms with van der Waals surface area (Å²) in [4.78, 5) is 54.0. The van der Waals surface area contributed by atoms with Crippen LogP contribution in [0.5, 0.6) is 0 Å². The number of hydrogen-bond donors (Lipinski definition) is 4. The second-order valence-corrected chi connectivity index (χ2v) is 14.0. The van der Waals surface area contributed by atoms with Crippen LogP contribution in [0, 0.1) is 23.2 Å². The van der Waals surface area contributed by atoms with E-state index >= 15 is 0 Å². The third-order valence-electron chi connectivity index (χ3n) is 7.46. The fourth-order valence-electron chi connectivity index (χ4n) is 5.36. The SMILES string of the molecule is CC(C)C[C@H]1CCN(C(=O)C(N/C(NC(C)(C)C)=C2/CO2)C(C)(C)C)C1C(=O)NC(CC1CC1)C(=O)C(N)=O. The van der Waals surface area contributed by atoms with E-state index in [-0.39, 0.29) is 17.4 Å². The number of epoxide rings is 1. The van der Waals surface area contributed by atoms with Crippen molar-refractivity contribution in [3.8, 4) is 0 Å². The number of nitrogens with zero attached hydrogens (tertiary/aromatic N) is 1. The van der Waals surface area contributed by atoms with Crippen LogP contribution in [0.25, 0.3) is 0 Å². The first-order chi connectivity index (χ1) is 18.0. The smallest absolute Gasteiger partial charge is 0.287 e. The van der Waals surface area contributed by atoms with Crippen LogP contribution >= 0.6 is 0 Å². The van der Waals surface area contributed by atoms with Gasteiger partial charge in [-0.2, -0.15) is 0 Å². The second kappa shape index (κ2) is 11.8. The maximum atomic E-state index is 14.2. The molecule has 10 nitrogen and oxygen atoms in total. The van der Waals surface area contributed by atoms with Crippen molar-refractivity contribution >= 4 is 23.5 Å². The highest BCUT2D eigenvalue weighted by molar-refractivity contribution is 6.37. The quantitative estimate of drug-likeness (QED) is 0.216. The van der Waals surface area contributed by atoms with Crippen molar-refractivity contribution in [1.82, 2.24) is 20.9 Å². The number of amides is 3. The molecule has 4 atom stereocenters. The lowest BCUT2D eigenvalue weighted by Crippen LogP contribution is -2.60. The first kappa shape index (κ1) is 30.8. The summed E-state index contributed by atoms with van der Waals surface area (Å²) in [7, 11) is 0. The van der Waals surface area contributed by atoms with Gasteiger partial charge in [0.05, 0.1) is 6.04 Å². The molecule has 0 aromatic heterocycles. The number of nitrogens with two attached hydrogens (primary N) is 1. The summed E-state index contributed by atoms with van der Waals surface area (Å²) in [5, 5.41) is 9.67. The molecule has 10 heteroatoms. The molecule has 220 valence electrons. The lowest BCUT2D eigenvalue weighted by Gasteiger charge is -2.38. The van der Waals surface area contributed by atoms with Gasteiger partial charge in [0.25, 0.3) is 5.91 Å². The van der Waals surface area contributed by atoms with Crippen molar-refractivity contribution in [3.63, 3.8) is 0 Å². The number of primary amides is 1. The van der Waals surface area contributed by atoms with Gasteiger partial charge in [-0.3, -0.25) is 19.2 Å². The predicted octanol–water partition coefficient (Wildman–Crippen LogP) is 2.18. The third kappa shape index (κ3) is 8.60. The normalized spacial score (nSPS) is 24.0. The molecule has 0 bridgehead atoms. The van der Waals surface area contributed by atoms with Gasteiger partial charge in [-0.15, -0.1) is 0 Å². The first-order valence-corrected chi connectivity index (χ1v) is 14.3. The minimum absolute atomic E-state index is 0.0582. The summed E-state index contributed by atoms with van der Waals surface area (Å²) in [6, 6.07) is -2.34. The van der Waals surface area contributed by atoms with Crippen molar-refractivity contribution in [1.29, 1.82) is 0 Å². The lowest BCUT2D eigenvalue weighted by atomic mass is 9.85. The summed E-state index contributed by atoms with van der Waals surface area (Å²) in [6.45, 7) is 17.2. The van der Waals surface area contributed by atoms with Gasteiger partial charge in [-0.05, 0) is 63.2 Å². The van der Waals surface area contributed by atoms with Crippen molar-refractivity contribution in [2.24, 2.45) is 28.9 Å². The Morgan fingerprint density at radius 3 is 2.08 bits per heavy atom. The van der Waals surface area contributed by atoms with E-state index in [0.29, 0.717) is 43.7 Å². The number of nitrogens with one attached hydrogen (secondary N) is 3. The molecular weight excluding hydrogens is 498 g/mol. The molecule has 39 heavy (non-hydrogen) atoms. The van der Waals surface area contributed by atoms with E-state index in [0.717, 1.165) is 25.0 Å². The van der Waals surface area contributed by atoms with Crippen LogP contribution in [-0.2, 0) is 23.9 Å². The minimum Gasteiger partial charge on any atom is -0.482 e. The average Bonchev–Trinajstić information content (AvgIpc) is 3.71. The molecule has 1 saturated carbocycles. The third-order valence-corrected chi connectivity index (χ3v) is 7.46. The zero-order valence-corrected chi connectivity index (χ0v) is 25.0. The van der Waals surface area contributed by atoms with Gasteiger partial charge in [0.2, 0.25) is 17.6 Å². The minimum atomic E-state index is -1.05. The highest BCUT2D eigenvalue weighted by Crippen LogP contribution is 2.35. The summed E-state index contributed by atoms with van der Waals surface area (Å²) in [5.41, 5.74) is 4.57. The predicted molar refractivity (Wildman–Crippen MR) is 149 cm³/mol. The summed E-state index contributed by atoms with van der Waals surface area (Å²) < 4.78 is 5.47. The van der Waals surface area contributed by atoms with Crippen LogP contribution < -0.4 is 21.7 Å². The molecular formula is C29H49N5O5. The molecule has 5 N–H and O–H groups in total. The Kier molecular flexibility index (Phi) is 9.27. The lowest BCUT2D eigenvalue weighted by molar-refractivity contribution is -0.144. The second-order valence-electron chi connectivity index (χ2n) is 14.0. The van der Waals surface area contributed by atoms with Gasteiger partial charge in [-0.1, -0.05) is 47.5 Å². The van der Waals surface area contributed by atoms with Crippen LogP contribution in [0.1, 0.15) is 87.5 Å². The van der Waals surface area contributed by atoms with Gasteiger partial charge < -0.3 is 31.3 Å². The molecule has 0 spiro atoms. The van der Waals surface area contributed by atoms with Gasteiger partial charge in [0.15, 0.2) is 5.76 Å². The van der Waals surface area contributed by atoms with E-state index in [1.54, 1.807) is 4.90 Å². The molecule has 2 saturated heterocycles. The number of hydrogen-bond acceptors (Lipinski definition) is 7. The number of ether oxygens (including phenoxy) is 1. The molecule has 2 heterocycles. The highest BCUT2D eigenvalue weighted by atomic mass is 16.6. The van der Waals surface area contributed by atoms with Crippen molar-refractivity contribution in [3.05, 3.63) is 11.6 Å². The summed E-state index contributed by atoms with van der Waals surface area (Å²) in [6.07, 6.45) is 3.77. The fourth-order valence-corrected chi connectivity index (χ4v) is 5.36. The highest BCUT2D eigenvalue weighted by Gasteiger charge is 2.47. The van der Waals surface area contributed by atoms with Crippen LogP contribution in [0.4, 0.5) is 0 Å². The zero-order chi connectivity index (χ0) is 29.3. The number of carbonyl (C=O) groups excluding carboxylic acids is 4. The molecule has 3 rings (SSSR count). The fraction of sp³-hybridized carbons (Fsp3) is 0.793. The Morgan fingerprint density at radius 2 is 1.62 bits per heavy atom. The van der Waals surface area contributed by atoms with Crippen LogP contribution in [0.3, 0.4) is 0 Å². The standard InChI is InChI=1S/C29H49N5O5/c1-16(2)13-18-11-12-34(21(18)26(37)31-19(14-17-9-10-17)22(35)24(30)36)27(38)23(28(3,4)5)32-25(20-15-39-20)33-29(6,7)8/h16-19,21,23,32-33H,9-15H2,1-8H3,(H2,30,36)(H,31,37)/b25-20+/t18-,19?,21?,23?/m1/s1. The molecule has 3 unspecified atom stereocenters. The molecule has 1 aliphatic carbocycles. The molecule has 3 aliphatic rings. The molecule has 3 fully saturated rings. The van der Waals surface area contributed by atoms with Gasteiger partial charge in [0, 0.05) is 12.1 Å². The molecule has 0 aromatic carbocycles. The first-order valence-electron chi connectivity index (χ1n) is 14.3. The van der Waals surface area contributed by atoms with Gasteiger partial charge in [-0.25, -0.2) is 0 Å². The van der Waals surface area contributed by atoms with E-state index in [2.05, 4.69) is 29.8 Å². The monoisotopic (exact) mass is 547 g/mol. The number of likely N-dealkylation sites (tertiary alicyclic amines) is 1. The van der Waals surface area contributed by atoms with Gasteiger partial charge in [0.1, 0.15) is 24.5 Å². The zero-order valence-electron chi connectivity index (χ0n) is 25.0. The van der Waals surface area contributed by atoms with Crippen molar-refractivity contribution < 1.29 is 23.9 Å². The van der Waals surface area contributed by atoms with Crippen LogP contribution in [-0.4, -0.2) is 65.2 Å². The Balaban J connectivity index is 1.88. The molecule has 0 radical (unpaired) electrons. The van der Waals surface area contributed by atoms with Crippen molar-refractivity contribution in [2.75, 3.05) is 13.2 Å². The number of carbonyl (C=O) groups is 4. The summed E-state index contributed by atoms with van der Waals surface area (Å²) >= 11 is 0. The number of rotatable bonds is 12. The Morgan fingerprint density at radius 1 is 1.00 bits per heavy atom. The number of Topliss-reactive ketones (excluding diaryl/α,β-unsaturated/α-hetero) is 1. The van der Waals surface area contributed by atoms with Gasteiger partial charge >= 0.3 is 0 Å². The largest absolute Gasteiger partial charge is 0.482 e. The van der Waals surface area contributed by atoms with Crippen molar-refractivity contribution in [2.45, 2.75) is 111 Å². The van der Waals surface area contributed by atoms with Crippen LogP contribution in [0.2, 0.25) is 0 Å². The van der Waals surface area contributed by atoms with E-state index in [1.807, 2.05) is 41.5 Å². The topological polar surface area (TPSA) is 146 Å². The van der Waals surface area contributed by atoms with E-state index in [1.165, 1.54) is 0 Å².